The van der Waals surface area contributed by atoms with Gasteiger partial charge in [-0.3, -0.25) is 4.79 Å². The summed E-state index contributed by atoms with van der Waals surface area (Å²) in [5.74, 6) is 1.04. The Labute approximate surface area is 186 Å². The number of carbonyl (C=O) groups excluding carboxylic acids is 1. The van der Waals surface area contributed by atoms with E-state index in [1.54, 1.807) is 17.8 Å². The summed E-state index contributed by atoms with van der Waals surface area (Å²) in [5.41, 5.74) is 3.29. The monoisotopic (exact) mass is 429 g/mol. The number of phenols is 1. The summed E-state index contributed by atoms with van der Waals surface area (Å²) < 4.78 is 0. The molecule has 1 fully saturated rings. The zero-order valence-corrected chi connectivity index (χ0v) is 17.9. The fraction of sp³-hybridized carbons (Fsp3) is 0.200. The van der Waals surface area contributed by atoms with Crippen LogP contribution < -0.4 is 4.90 Å². The molecule has 1 heterocycles. The van der Waals surface area contributed by atoms with Crippen LogP contribution in [0.25, 0.3) is 0 Å². The van der Waals surface area contributed by atoms with Crippen molar-refractivity contribution in [3.63, 3.8) is 0 Å². The lowest BCUT2D eigenvalue weighted by molar-refractivity contribution is 0.0743. The van der Waals surface area contributed by atoms with Crippen LogP contribution in [0, 0.1) is 11.3 Å². The van der Waals surface area contributed by atoms with Gasteiger partial charge in [0.2, 0.25) is 0 Å². The normalized spacial score (nSPS) is 13.6. The predicted molar refractivity (Wildman–Crippen MR) is 123 cm³/mol. The smallest absolute Gasteiger partial charge is 0.255 e. The molecule has 0 aromatic heterocycles. The first kappa shape index (κ1) is 20.8. The molecule has 4 rings (SSSR count). The summed E-state index contributed by atoms with van der Waals surface area (Å²) in [6, 6.07) is 24.7. The van der Waals surface area contributed by atoms with Gasteiger partial charge in [-0.05, 0) is 42.0 Å². The van der Waals surface area contributed by atoms with Crippen molar-refractivity contribution in [1.29, 1.82) is 5.26 Å². The van der Waals surface area contributed by atoms with E-state index in [-0.39, 0.29) is 11.7 Å². The Kier molecular flexibility index (Phi) is 6.44. The van der Waals surface area contributed by atoms with E-state index in [2.05, 4.69) is 11.0 Å². The Bertz CT molecular complexity index is 1100. The van der Waals surface area contributed by atoms with Crippen molar-refractivity contribution in [3.05, 3.63) is 89.5 Å². The van der Waals surface area contributed by atoms with E-state index >= 15 is 0 Å². The number of phenolic OH excluding ortho intramolecular Hbond substituents is 1. The molecule has 1 N–H and O–H groups in total. The van der Waals surface area contributed by atoms with Gasteiger partial charge in [-0.2, -0.15) is 5.26 Å². The molecule has 5 nitrogen and oxygen atoms in total. The number of amides is 1. The second-order valence-corrected chi connectivity index (χ2v) is 8.38. The highest BCUT2D eigenvalue weighted by Crippen LogP contribution is 2.29. The minimum Gasteiger partial charge on any atom is -0.506 e. The van der Waals surface area contributed by atoms with Crippen molar-refractivity contribution in [2.75, 3.05) is 31.1 Å². The minimum absolute atomic E-state index is 0.0415. The van der Waals surface area contributed by atoms with E-state index in [1.165, 1.54) is 0 Å². The van der Waals surface area contributed by atoms with Crippen LogP contribution in [-0.4, -0.2) is 42.1 Å². The maximum absolute atomic E-state index is 13.2. The van der Waals surface area contributed by atoms with Crippen LogP contribution in [0.3, 0.4) is 0 Å². The van der Waals surface area contributed by atoms with Crippen molar-refractivity contribution in [2.45, 2.75) is 10.6 Å². The highest BCUT2D eigenvalue weighted by molar-refractivity contribution is 7.98. The molecule has 0 unspecified atom stereocenters. The third-order valence-corrected chi connectivity index (χ3v) is 6.53. The van der Waals surface area contributed by atoms with Crippen LogP contribution >= 0.6 is 11.8 Å². The van der Waals surface area contributed by atoms with E-state index in [1.807, 2.05) is 71.6 Å². The number of rotatable bonds is 5. The summed E-state index contributed by atoms with van der Waals surface area (Å²) in [6.45, 7) is 2.59. The number of anilines is 1. The van der Waals surface area contributed by atoms with Crippen molar-refractivity contribution in [2.24, 2.45) is 0 Å². The van der Waals surface area contributed by atoms with E-state index in [0.29, 0.717) is 31.7 Å². The average Bonchev–Trinajstić information content (AvgIpc) is 2.83. The molecule has 0 radical (unpaired) electrons. The Morgan fingerprint density at radius 2 is 1.61 bits per heavy atom. The number of thioether (sulfide) groups is 1. The Hall–Kier alpha value is -3.43. The molecule has 1 amide bonds. The maximum Gasteiger partial charge on any atom is 0.255 e. The number of carbonyl (C=O) groups is 1. The molecular formula is C25H23N3O2S. The number of benzene rings is 3. The fourth-order valence-corrected chi connectivity index (χ4v) is 4.66. The zero-order chi connectivity index (χ0) is 21.6. The fourth-order valence-electron chi connectivity index (χ4n) is 3.66. The standard InChI is InChI=1S/C25H23N3O2S/c26-17-19-9-11-20(12-10-19)18-31-24-8-4-1-5-21(24)25(30)28-15-13-27(14-16-28)22-6-2-3-7-23(22)29/h1-12,29H,13-16,18H2. The lowest BCUT2D eigenvalue weighted by atomic mass is 10.1. The van der Waals surface area contributed by atoms with Gasteiger partial charge >= 0.3 is 0 Å². The Morgan fingerprint density at radius 1 is 0.935 bits per heavy atom. The highest BCUT2D eigenvalue weighted by atomic mass is 32.2. The van der Waals surface area contributed by atoms with Gasteiger partial charge in [-0.25, -0.2) is 0 Å². The molecule has 3 aromatic carbocycles. The SMILES string of the molecule is N#Cc1ccc(CSc2ccccc2C(=O)N2CCN(c3ccccc3O)CC2)cc1. The summed E-state index contributed by atoms with van der Waals surface area (Å²) in [6.07, 6.45) is 0. The first-order chi connectivity index (χ1) is 15.2. The van der Waals surface area contributed by atoms with E-state index in [4.69, 9.17) is 5.26 Å². The topological polar surface area (TPSA) is 67.6 Å². The Balaban J connectivity index is 1.41. The highest BCUT2D eigenvalue weighted by Gasteiger charge is 2.24. The van der Waals surface area contributed by atoms with Crippen LogP contribution in [0.4, 0.5) is 5.69 Å². The quantitative estimate of drug-likeness (QED) is 0.604. The molecule has 0 saturated carbocycles. The lowest BCUT2D eigenvalue weighted by Gasteiger charge is -2.36. The van der Waals surface area contributed by atoms with Gasteiger partial charge in [0.05, 0.1) is 22.9 Å². The van der Waals surface area contributed by atoms with Gasteiger partial charge in [0.1, 0.15) is 5.75 Å². The van der Waals surface area contributed by atoms with Crippen LogP contribution in [0.5, 0.6) is 5.75 Å². The molecule has 6 heteroatoms. The number of nitrogens with zero attached hydrogens (tertiary/aromatic N) is 3. The Morgan fingerprint density at radius 3 is 2.32 bits per heavy atom. The summed E-state index contributed by atoms with van der Waals surface area (Å²) >= 11 is 1.63. The second kappa shape index (κ2) is 9.59. The molecule has 1 aliphatic rings. The predicted octanol–water partition coefficient (Wildman–Crippen LogP) is 4.52. The van der Waals surface area contributed by atoms with E-state index < -0.39 is 0 Å². The first-order valence-electron chi connectivity index (χ1n) is 10.2. The number of hydrogen-bond donors (Lipinski definition) is 1. The molecule has 0 aliphatic carbocycles. The zero-order valence-electron chi connectivity index (χ0n) is 17.1. The van der Waals surface area contributed by atoms with Crippen molar-refractivity contribution < 1.29 is 9.90 Å². The minimum atomic E-state index is 0.0415. The number of hydrogen-bond acceptors (Lipinski definition) is 5. The van der Waals surface area contributed by atoms with Gasteiger partial charge in [0, 0.05) is 36.8 Å². The van der Waals surface area contributed by atoms with Crippen LogP contribution in [0.2, 0.25) is 0 Å². The number of nitriles is 1. The number of aromatic hydroxyl groups is 1. The molecule has 0 atom stereocenters. The lowest BCUT2D eigenvalue weighted by Crippen LogP contribution is -2.48. The first-order valence-corrected chi connectivity index (χ1v) is 11.2. The van der Waals surface area contributed by atoms with Gasteiger partial charge < -0.3 is 14.9 Å². The van der Waals surface area contributed by atoms with Crippen molar-refractivity contribution in [3.8, 4) is 11.8 Å². The largest absolute Gasteiger partial charge is 0.506 e. The van der Waals surface area contributed by atoms with Crippen LogP contribution in [-0.2, 0) is 5.75 Å². The van der Waals surface area contributed by atoms with Crippen molar-refractivity contribution >= 4 is 23.4 Å². The van der Waals surface area contributed by atoms with Gasteiger partial charge in [0.25, 0.3) is 5.91 Å². The number of para-hydroxylation sites is 2. The third-order valence-electron chi connectivity index (χ3n) is 5.38. The molecule has 156 valence electrons. The third kappa shape index (κ3) is 4.84. The van der Waals surface area contributed by atoms with Crippen LogP contribution in [0.15, 0.2) is 77.7 Å². The molecule has 1 saturated heterocycles. The molecule has 0 bridgehead atoms. The number of piperazine rings is 1. The molecule has 31 heavy (non-hydrogen) atoms. The summed E-state index contributed by atoms with van der Waals surface area (Å²) in [4.78, 5) is 18.2. The van der Waals surface area contributed by atoms with Crippen LogP contribution in [0.1, 0.15) is 21.5 Å². The summed E-state index contributed by atoms with van der Waals surface area (Å²) in [7, 11) is 0. The van der Waals surface area contributed by atoms with Crippen molar-refractivity contribution in [1.82, 2.24) is 4.90 Å². The second-order valence-electron chi connectivity index (χ2n) is 7.36. The molecular weight excluding hydrogens is 406 g/mol. The maximum atomic E-state index is 13.2. The summed E-state index contributed by atoms with van der Waals surface area (Å²) in [5, 5.41) is 19.0. The molecule has 0 spiro atoms. The van der Waals surface area contributed by atoms with Gasteiger partial charge in [-0.1, -0.05) is 36.4 Å². The molecule has 1 aliphatic heterocycles. The van der Waals surface area contributed by atoms with Gasteiger partial charge in [0.15, 0.2) is 0 Å². The average molecular weight is 430 g/mol. The van der Waals surface area contributed by atoms with Gasteiger partial charge in [-0.15, -0.1) is 11.8 Å². The van der Waals surface area contributed by atoms with E-state index in [9.17, 15) is 9.90 Å². The molecule has 3 aromatic rings. The van der Waals surface area contributed by atoms with E-state index in [0.717, 1.165) is 27.5 Å².